The molecule has 178 valence electrons. The monoisotopic (exact) mass is 462 g/mol. The lowest BCUT2D eigenvalue weighted by molar-refractivity contribution is 0.0734. The summed E-state index contributed by atoms with van der Waals surface area (Å²) in [6, 6.07) is 18.4. The van der Waals surface area contributed by atoms with Crippen LogP contribution in [0.2, 0.25) is 0 Å². The fourth-order valence-electron chi connectivity index (χ4n) is 3.11. The molecule has 0 unspecified atom stereocenters. The standard InChI is InChI=1S/C27H30N2O5/c1-3-5-6-7-18-33-23-12-8-20(9-13-23)27(31)34-24-16-17-25(26(30)19-24)29-28-21-10-14-22(15-11-21)32-4-2/h8-17,19,30H,3-7,18H2,1-2H3. The summed E-state index contributed by atoms with van der Waals surface area (Å²) in [5, 5.41) is 18.4. The number of phenols is 1. The summed E-state index contributed by atoms with van der Waals surface area (Å²) in [5.41, 5.74) is 1.26. The minimum Gasteiger partial charge on any atom is -0.505 e. The number of carbonyl (C=O) groups excluding carboxylic acids is 1. The fraction of sp³-hybridized carbons (Fsp3) is 0.296. The summed E-state index contributed by atoms with van der Waals surface area (Å²) >= 11 is 0. The Hall–Kier alpha value is -3.87. The molecular formula is C27H30N2O5. The summed E-state index contributed by atoms with van der Waals surface area (Å²) in [6.45, 7) is 5.33. The highest BCUT2D eigenvalue weighted by molar-refractivity contribution is 5.91. The van der Waals surface area contributed by atoms with Crippen molar-refractivity contribution < 1.29 is 24.1 Å². The lowest BCUT2D eigenvalue weighted by Crippen LogP contribution is -2.08. The Labute approximate surface area is 200 Å². The Balaban J connectivity index is 1.54. The summed E-state index contributed by atoms with van der Waals surface area (Å²) < 4.78 is 16.5. The summed E-state index contributed by atoms with van der Waals surface area (Å²) in [4.78, 5) is 12.4. The zero-order valence-electron chi connectivity index (χ0n) is 19.6. The van der Waals surface area contributed by atoms with E-state index < -0.39 is 5.97 Å². The fourth-order valence-corrected chi connectivity index (χ4v) is 3.11. The first kappa shape index (κ1) is 24.8. The van der Waals surface area contributed by atoms with Gasteiger partial charge in [-0.05, 0) is 74.0 Å². The SMILES string of the molecule is CCCCCCOc1ccc(C(=O)Oc2ccc(N=Nc3ccc(OCC)cc3)c(O)c2)cc1. The molecule has 0 saturated carbocycles. The van der Waals surface area contributed by atoms with Gasteiger partial charge in [0.15, 0.2) is 0 Å². The van der Waals surface area contributed by atoms with Gasteiger partial charge in [-0.2, -0.15) is 5.11 Å². The Kier molecular flexibility index (Phi) is 9.46. The van der Waals surface area contributed by atoms with E-state index in [2.05, 4.69) is 17.2 Å². The molecule has 1 N–H and O–H groups in total. The second-order valence-corrected chi connectivity index (χ2v) is 7.60. The van der Waals surface area contributed by atoms with Gasteiger partial charge >= 0.3 is 5.97 Å². The second kappa shape index (κ2) is 13.0. The Morgan fingerprint density at radius 3 is 2.15 bits per heavy atom. The van der Waals surface area contributed by atoms with Crippen molar-refractivity contribution in [2.45, 2.75) is 39.5 Å². The maximum Gasteiger partial charge on any atom is 0.343 e. The molecule has 0 aliphatic carbocycles. The molecule has 3 rings (SSSR count). The van der Waals surface area contributed by atoms with Crippen LogP contribution >= 0.6 is 0 Å². The number of unbranched alkanes of at least 4 members (excludes halogenated alkanes) is 3. The normalized spacial score (nSPS) is 10.9. The number of esters is 1. The van der Waals surface area contributed by atoms with E-state index >= 15 is 0 Å². The van der Waals surface area contributed by atoms with E-state index in [1.165, 1.54) is 25.0 Å². The molecule has 3 aromatic carbocycles. The number of nitrogens with zero attached hydrogens (tertiary/aromatic N) is 2. The van der Waals surface area contributed by atoms with Crippen LogP contribution in [-0.4, -0.2) is 24.3 Å². The van der Waals surface area contributed by atoms with Crippen LogP contribution in [-0.2, 0) is 0 Å². The molecule has 0 aromatic heterocycles. The third-order valence-corrected chi connectivity index (χ3v) is 4.93. The average molecular weight is 463 g/mol. The molecule has 3 aromatic rings. The molecule has 0 radical (unpaired) electrons. The minimum absolute atomic E-state index is 0.146. The van der Waals surface area contributed by atoms with E-state index in [9.17, 15) is 9.90 Å². The highest BCUT2D eigenvalue weighted by Crippen LogP contribution is 2.32. The van der Waals surface area contributed by atoms with Crippen LogP contribution in [0.1, 0.15) is 49.9 Å². The predicted molar refractivity (Wildman–Crippen MR) is 131 cm³/mol. The minimum atomic E-state index is -0.530. The van der Waals surface area contributed by atoms with Gasteiger partial charge in [0.05, 0.1) is 24.5 Å². The smallest absolute Gasteiger partial charge is 0.343 e. The van der Waals surface area contributed by atoms with E-state index in [-0.39, 0.29) is 17.2 Å². The molecule has 0 aliphatic rings. The van der Waals surface area contributed by atoms with Crippen LogP contribution < -0.4 is 14.2 Å². The van der Waals surface area contributed by atoms with Crippen molar-refractivity contribution in [2.75, 3.05) is 13.2 Å². The maximum absolute atomic E-state index is 12.4. The van der Waals surface area contributed by atoms with Gasteiger partial charge in [0.2, 0.25) is 0 Å². The molecule has 0 saturated heterocycles. The number of aromatic hydroxyl groups is 1. The quantitative estimate of drug-likeness (QED) is 0.131. The number of carbonyl (C=O) groups is 1. The molecule has 0 heterocycles. The van der Waals surface area contributed by atoms with Crippen molar-refractivity contribution in [2.24, 2.45) is 10.2 Å². The summed E-state index contributed by atoms with van der Waals surface area (Å²) in [7, 11) is 0. The van der Waals surface area contributed by atoms with Crippen molar-refractivity contribution >= 4 is 17.3 Å². The highest BCUT2D eigenvalue weighted by atomic mass is 16.5. The van der Waals surface area contributed by atoms with Gasteiger partial charge < -0.3 is 19.3 Å². The van der Waals surface area contributed by atoms with Crippen LogP contribution in [0.5, 0.6) is 23.0 Å². The van der Waals surface area contributed by atoms with Gasteiger partial charge in [-0.1, -0.05) is 26.2 Å². The van der Waals surface area contributed by atoms with E-state index in [4.69, 9.17) is 14.2 Å². The molecule has 0 bridgehead atoms. The number of ether oxygens (including phenoxy) is 3. The number of azo groups is 1. The van der Waals surface area contributed by atoms with Crippen LogP contribution in [0.3, 0.4) is 0 Å². The molecule has 0 spiro atoms. The Morgan fingerprint density at radius 2 is 1.47 bits per heavy atom. The van der Waals surface area contributed by atoms with Crippen LogP contribution in [0.25, 0.3) is 0 Å². The van der Waals surface area contributed by atoms with Crippen molar-refractivity contribution in [1.29, 1.82) is 0 Å². The zero-order chi connectivity index (χ0) is 24.2. The van der Waals surface area contributed by atoms with Gasteiger partial charge in [-0.15, -0.1) is 5.11 Å². The molecule has 34 heavy (non-hydrogen) atoms. The van der Waals surface area contributed by atoms with E-state index in [1.807, 2.05) is 6.92 Å². The van der Waals surface area contributed by atoms with Crippen molar-refractivity contribution in [3.8, 4) is 23.0 Å². The molecule has 0 atom stereocenters. The molecular weight excluding hydrogens is 432 g/mol. The molecule has 7 nitrogen and oxygen atoms in total. The first-order chi connectivity index (χ1) is 16.6. The second-order valence-electron chi connectivity index (χ2n) is 7.60. The third kappa shape index (κ3) is 7.62. The maximum atomic E-state index is 12.4. The summed E-state index contributed by atoms with van der Waals surface area (Å²) in [5.74, 6) is 0.996. The Bertz CT molecular complexity index is 1080. The van der Waals surface area contributed by atoms with Gasteiger partial charge in [0.25, 0.3) is 0 Å². The Morgan fingerprint density at radius 1 is 0.794 bits per heavy atom. The van der Waals surface area contributed by atoms with Crippen molar-refractivity contribution in [3.63, 3.8) is 0 Å². The van der Waals surface area contributed by atoms with Gasteiger partial charge in [-0.3, -0.25) is 0 Å². The van der Waals surface area contributed by atoms with E-state index in [0.717, 1.165) is 18.6 Å². The van der Waals surface area contributed by atoms with Crippen molar-refractivity contribution in [1.82, 2.24) is 0 Å². The number of phenolic OH excluding ortho intramolecular Hbond substituents is 1. The number of hydrogen-bond donors (Lipinski definition) is 1. The molecule has 0 fully saturated rings. The zero-order valence-corrected chi connectivity index (χ0v) is 19.6. The first-order valence-corrected chi connectivity index (χ1v) is 11.5. The van der Waals surface area contributed by atoms with E-state index in [1.54, 1.807) is 54.6 Å². The highest BCUT2D eigenvalue weighted by Gasteiger charge is 2.11. The largest absolute Gasteiger partial charge is 0.505 e. The van der Waals surface area contributed by atoms with Gasteiger partial charge in [0, 0.05) is 6.07 Å². The molecule has 7 heteroatoms. The van der Waals surface area contributed by atoms with Gasteiger partial charge in [-0.25, -0.2) is 4.79 Å². The number of rotatable bonds is 12. The van der Waals surface area contributed by atoms with Gasteiger partial charge in [0.1, 0.15) is 28.7 Å². The molecule has 0 amide bonds. The van der Waals surface area contributed by atoms with Crippen LogP contribution in [0.4, 0.5) is 11.4 Å². The molecule has 0 aliphatic heterocycles. The average Bonchev–Trinajstić information content (AvgIpc) is 2.85. The van der Waals surface area contributed by atoms with Crippen LogP contribution in [0, 0.1) is 0 Å². The number of hydrogen-bond acceptors (Lipinski definition) is 7. The first-order valence-electron chi connectivity index (χ1n) is 11.5. The lowest BCUT2D eigenvalue weighted by atomic mass is 10.2. The summed E-state index contributed by atoms with van der Waals surface area (Å²) in [6.07, 6.45) is 4.55. The topological polar surface area (TPSA) is 89.7 Å². The predicted octanol–water partition coefficient (Wildman–Crippen LogP) is 7.38. The third-order valence-electron chi connectivity index (χ3n) is 4.93. The lowest BCUT2D eigenvalue weighted by Gasteiger charge is -2.08. The van der Waals surface area contributed by atoms with E-state index in [0.29, 0.717) is 30.2 Å². The number of benzene rings is 3. The van der Waals surface area contributed by atoms with Crippen molar-refractivity contribution in [3.05, 3.63) is 72.3 Å². The van der Waals surface area contributed by atoms with Crippen LogP contribution in [0.15, 0.2) is 77.0 Å².